The van der Waals surface area contributed by atoms with Crippen molar-refractivity contribution in [2.24, 2.45) is 0 Å². The van der Waals surface area contributed by atoms with Gasteiger partial charge in [0.1, 0.15) is 6.04 Å². The maximum absolute atomic E-state index is 11.9. The molecule has 2 N–H and O–H groups in total. The van der Waals surface area contributed by atoms with E-state index in [4.69, 9.17) is 0 Å². The van der Waals surface area contributed by atoms with Crippen molar-refractivity contribution in [3.8, 4) is 0 Å². The van der Waals surface area contributed by atoms with Crippen molar-refractivity contribution in [2.75, 3.05) is 0 Å². The first-order valence-corrected chi connectivity index (χ1v) is 8.24. The molecular formula is C18H28N2O2. The standard InChI is InChI=1S/C18H28N2O2/c1-3-4-5-6-10-13-17(21)20-15(2)18(22)19-14-16-11-8-7-9-12-16/h7-9,11-12,15H,3-6,10,13-14H2,1-2H3,(H,19,22)(H,20,21). The first kappa shape index (κ1) is 18.2. The first-order valence-electron chi connectivity index (χ1n) is 8.24. The largest absolute Gasteiger partial charge is 0.350 e. The predicted octanol–water partition coefficient (Wildman–Crippen LogP) is 3.17. The topological polar surface area (TPSA) is 58.2 Å². The second-order valence-electron chi connectivity index (χ2n) is 5.66. The van der Waals surface area contributed by atoms with Crippen LogP contribution in [0.15, 0.2) is 30.3 Å². The average Bonchev–Trinajstić information content (AvgIpc) is 2.53. The summed E-state index contributed by atoms with van der Waals surface area (Å²) in [5, 5.41) is 5.59. The molecule has 122 valence electrons. The van der Waals surface area contributed by atoms with E-state index in [0.717, 1.165) is 18.4 Å². The van der Waals surface area contributed by atoms with E-state index >= 15 is 0 Å². The molecule has 0 heterocycles. The Hall–Kier alpha value is -1.84. The summed E-state index contributed by atoms with van der Waals surface area (Å²) in [7, 11) is 0. The first-order chi connectivity index (χ1) is 10.6. The van der Waals surface area contributed by atoms with Crippen LogP contribution < -0.4 is 10.6 Å². The summed E-state index contributed by atoms with van der Waals surface area (Å²) >= 11 is 0. The average molecular weight is 304 g/mol. The van der Waals surface area contributed by atoms with Gasteiger partial charge in [-0.05, 0) is 18.9 Å². The van der Waals surface area contributed by atoms with Crippen molar-refractivity contribution in [1.82, 2.24) is 10.6 Å². The number of rotatable bonds is 10. The molecule has 0 aromatic heterocycles. The van der Waals surface area contributed by atoms with Crippen LogP contribution in [0, 0.1) is 0 Å². The minimum absolute atomic E-state index is 0.0427. The zero-order chi connectivity index (χ0) is 16.2. The summed E-state index contributed by atoms with van der Waals surface area (Å²) in [5.41, 5.74) is 1.05. The molecule has 1 aromatic rings. The molecule has 0 aliphatic rings. The fraction of sp³-hybridized carbons (Fsp3) is 0.556. The summed E-state index contributed by atoms with van der Waals surface area (Å²) in [6.45, 7) is 4.37. The van der Waals surface area contributed by atoms with Gasteiger partial charge in [0, 0.05) is 13.0 Å². The van der Waals surface area contributed by atoms with Gasteiger partial charge >= 0.3 is 0 Å². The molecule has 0 aliphatic heterocycles. The molecule has 0 aliphatic carbocycles. The quantitative estimate of drug-likeness (QED) is 0.652. The van der Waals surface area contributed by atoms with Crippen LogP contribution >= 0.6 is 0 Å². The Kier molecular flexibility index (Phi) is 8.96. The van der Waals surface area contributed by atoms with E-state index in [1.807, 2.05) is 30.3 Å². The van der Waals surface area contributed by atoms with Gasteiger partial charge in [-0.1, -0.05) is 62.9 Å². The van der Waals surface area contributed by atoms with Crippen LogP contribution in [0.3, 0.4) is 0 Å². The lowest BCUT2D eigenvalue weighted by atomic mass is 10.1. The van der Waals surface area contributed by atoms with Crippen molar-refractivity contribution in [2.45, 2.75) is 65.0 Å². The molecule has 0 spiro atoms. The molecule has 0 saturated heterocycles. The number of benzene rings is 1. The lowest BCUT2D eigenvalue weighted by Gasteiger charge is -2.14. The molecule has 22 heavy (non-hydrogen) atoms. The van der Waals surface area contributed by atoms with Gasteiger partial charge in [-0.3, -0.25) is 9.59 Å². The SMILES string of the molecule is CCCCCCCC(=O)NC(C)C(=O)NCc1ccccc1. The molecule has 0 radical (unpaired) electrons. The molecule has 2 amide bonds. The van der Waals surface area contributed by atoms with Gasteiger partial charge < -0.3 is 10.6 Å². The van der Waals surface area contributed by atoms with Crippen molar-refractivity contribution in [3.63, 3.8) is 0 Å². The summed E-state index contributed by atoms with van der Waals surface area (Å²) in [4.78, 5) is 23.7. The fourth-order valence-corrected chi connectivity index (χ4v) is 2.21. The number of carbonyl (C=O) groups is 2. The van der Waals surface area contributed by atoms with Gasteiger partial charge in [0.05, 0.1) is 0 Å². The van der Waals surface area contributed by atoms with Gasteiger partial charge in [-0.25, -0.2) is 0 Å². The summed E-state index contributed by atoms with van der Waals surface area (Å²) < 4.78 is 0. The third-order valence-corrected chi connectivity index (χ3v) is 3.59. The van der Waals surface area contributed by atoms with Crippen LogP contribution in [-0.2, 0) is 16.1 Å². The highest BCUT2D eigenvalue weighted by Gasteiger charge is 2.14. The van der Waals surface area contributed by atoms with E-state index in [1.165, 1.54) is 19.3 Å². The molecule has 0 bridgehead atoms. The normalized spacial score (nSPS) is 11.7. The highest BCUT2D eigenvalue weighted by atomic mass is 16.2. The van der Waals surface area contributed by atoms with Gasteiger partial charge in [-0.15, -0.1) is 0 Å². The molecule has 1 rings (SSSR count). The van der Waals surface area contributed by atoms with Crippen LogP contribution in [0.1, 0.15) is 57.9 Å². The molecule has 1 unspecified atom stereocenters. The molecule has 4 nitrogen and oxygen atoms in total. The highest BCUT2D eigenvalue weighted by molar-refractivity contribution is 5.87. The zero-order valence-electron chi connectivity index (χ0n) is 13.7. The third kappa shape index (κ3) is 7.81. The van der Waals surface area contributed by atoms with Crippen molar-refractivity contribution < 1.29 is 9.59 Å². The predicted molar refractivity (Wildman–Crippen MR) is 89.3 cm³/mol. The maximum atomic E-state index is 11.9. The smallest absolute Gasteiger partial charge is 0.242 e. The number of nitrogens with one attached hydrogen (secondary N) is 2. The second kappa shape index (κ2) is 10.8. The maximum Gasteiger partial charge on any atom is 0.242 e. The zero-order valence-corrected chi connectivity index (χ0v) is 13.7. The molecule has 4 heteroatoms. The van der Waals surface area contributed by atoms with Gasteiger partial charge in [-0.2, -0.15) is 0 Å². The monoisotopic (exact) mass is 304 g/mol. The second-order valence-corrected chi connectivity index (χ2v) is 5.66. The summed E-state index contributed by atoms with van der Waals surface area (Å²) in [6, 6.07) is 9.23. The Bertz CT molecular complexity index is 446. The number of hydrogen-bond donors (Lipinski definition) is 2. The minimum atomic E-state index is -0.494. The van der Waals surface area contributed by atoms with Crippen LogP contribution in [0.4, 0.5) is 0 Å². The Morgan fingerprint density at radius 2 is 1.73 bits per heavy atom. The molecule has 1 aromatic carbocycles. The van der Waals surface area contributed by atoms with Gasteiger partial charge in [0.15, 0.2) is 0 Å². The summed E-state index contributed by atoms with van der Waals surface area (Å²) in [6.07, 6.45) is 6.07. The minimum Gasteiger partial charge on any atom is -0.350 e. The molecule has 0 fully saturated rings. The number of hydrogen-bond acceptors (Lipinski definition) is 2. The Morgan fingerprint density at radius 3 is 2.41 bits per heavy atom. The van der Waals surface area contributed by atoms with E-state index in [-0.39, 0.29) is 11.8 Å². The van der Waals surface area contributed by atoms with Crippen LogP contribution in [0.25, 0.3) is 0 Å². The Morgan fingerprint density at radius 1 is 1.05 bits per heavy atom. The molecular weight excluding hydrogens is 276 g/mol. The van der Waals surface area contributed by atoms with E-state index in [1.54, 1.807) is 6.92 Å². The molecule has 0 saturated carbocycles. The highest BCUT2D eigenvalue weighted by Crippen LogP contribution is 2.05. The van der Waals surface area contributed by atoms with Crippen molar-refractivity contribution in [1.29, 1.82) is 0 Å². The fourth-order valence-electron chi connectivity index (χ4n) is 2.21. The van der Waals surface area contributed by atoms with E-state index in [0.29, 0.717) is 13.0 Å². The summed E-state index contributed by atoms with van der Waals surface area (Å²) in [5.74, 6) is -0.193. The van der Waals surface area contributed by atoms with Gasteiger partial charge in [0.2, 0.25) is 11.8 Å². The van der Waals surface area contributed by atoms with Crippen LogP contribution in [-0.4, -0.2) is 17.9 Å². The van der Waals surface area contributed by atoms with Crippen molar-refractivity contribution >= 4 is 11.8 Å². The van der Waals surface area contributed by atoms with E-state index in [2.05, 4.69) is 17.6 Å². The van der Waals surface area contributed by atoms with Gasteiger partial charge in [0.25, 0.3) is 0 Å². The van der Waals surface area contributed by atoms with E-state index < -0.39 is 6.04 Å². The lowest BCUT2D eigenvalue weighted by Crippen LogP contribution is -2.44. The number of unbranched alkanes of at least 4 members (excludes halogenated alkanes) is 4. The van der Waals surface area contributed by atoms with Crippen LogP contribution in [0.5, 0.6) is 0 Å². The number of amides is 2. The lowest BCUT2D eigenvalue weighted by molar-refractivity contribution is -0.128. The van der Waals surface area contributed by atoms with Crippen molar-refractivity contribution in [3.05, 3.63) is 35.9 Å². The number of carbonyl (C=O) groups excluding carboxylic acids is 2. The third-order valence-electron chi connectivity index (χ3n) is 3.59. The Balaban J connectivity index is 2.18. The Labute approximate surface area is 133 Å². The van der Waals surface area contributed by atoms with E-state index in [9.17, 15) is 9.59 Å². The van der Waals surface area contributed by atoms with Crippen LogP contribution in [0.2, 0.25) is 0 Å². The molecule has 1 atom stereocenters.